The number of methoxy groups -OCH3 is 1. The summed E-state index contributed by atoms with van der Waals surface area (Å²) in [5, 5.41) is 9.86. The fraction of sp³-hybridized carbons (Fsp3) is 0.368. The normalized spacial score (nSPS) is 23.2. The van der Waals surface area contributed by atoms with Gasteiger partial charge >= 0.3 is 12.1 Å². The highest BCUT2D eigenvalue weighted by Crippen LogP contribution is 2.66. The van der Waals surface area contributed by atoms with Gasteiger partial charge in [0.2, 0.25) is 11.8 Å². The van der Waals surface area contributed by atoms with E-state index in [-0.39, 0.29) is 38.0 Å². The van der Waals surface area contributed by atoms with Crippen molar-refractivity contribution in [1.82, 2.24) is 14.7 Å². The predicted octanol–water partition coefficient (Wildman–Crippen LogP) is 7.78. The van der Waals surface area contributed by atoms with Crippen LogP contribution in [0.4, 0.5) is 10.5 Å². The van der Waals surface area contributed by atoms with E-state index in [0.29, 0.717) is 48.6 Å². The maximum atomic E-state index is 16.6. The maximum Gasteiger partial charge on any atom is 0.421 e. The number of aliphatic hydroxyl groups is 1. The minimum Gasteiger partial charge on any atom is -0.491 e. The van der Waals surface area contributed by atoms with Crippen LogP contribution >= 0.6 is 0 Å². The average Bonchev–Trinajstić information content (AvgIpc) is 3.82. The summed E-state index contributed by atoms with van der Waals surface area (Å²) in [6, 6.07) is 38.7. The van der Waals surface area contributed by atoms with Crippen LogP contribution in [-0.2, 0) is 40.6 Å². The molecule has 3 fully saturated rings. The molecule has 3 saturated heterocycles. The second-order valence-electron chi connectivity index (χ2n) is 18.4. The Labute approximate surface area is 409 Å². The number of imide groups is 1. The van der Waals surface area contributed by atoms with E-state index in [4.69, 9.17) is 18.9 Å². The lowest BCUT2D eigenvalue weighted by Gasteiger charge is -2.46. The van der Waals surface area contributed by atoms with Crippen LogP contribution in [-0.4, -0.2) is 110 Å². The Balaban J connectivity index is 1.31. The molecular weight excluding hydrogens is 885 g/mol. The van der Waals surface area contributed by atoms with Gasteiger partial charge in [-0.15, -0.1) is 0 Å². The summed E-state index contributed by atoms with van der Waals surface area (Å²) in [4.78, 5) is 70.0. The van der Waals surface area contributed by atoms with Crippen LogP contribution in [0.15, 0.2) is 133 Å². The molecule has 0 saturated carbocycles. The molecule has 0 aliphatic carbocycles. The smallest absolute Gasteiger partial charge is 0.421 e. The van der Waals surface area contributed by atoms with Gasteiger partial charge in [0.05, 0.1) is 43.4 Å². The molecule has 0 aromatic heterocycles. The molecule has 1 spiro atoms. The summed E-state index contributed by atoms with van der Waals surface area (Å²) < 4.78 is 23.7. The number of nitrogens with zero attached hydrogens (tertiary/aromatic N) is 4. The van der Waals surface area contributed by atoms with Gasteiger partial charge in [-0.2, -0.15) is 0 Å². The standard InChI is InChI=1S/C57H60N4O9/c1-58(39-41-19-9-6-10-20-41)30-18-21-40-28-29-47-46(37-40)57(55(65)60(47)56(66)69-36-35-67-2)48(53(63)59-31-15-4-3-5-16-32-59)50-54(64)70-51(43-24-13-8-14-25-43)49(42-22-11-7-12-23-42)61(50)52(57)44-26-17-27-45(38-44)68-34-33-62/h6-14,17,19-20,22-29,37-38,48-52,62H,3-5,15-16,30-36,39H2,1-2H3/t48-,49-,50-,51+,52+,57-/m1/s1. The fourth-order valence-corrected chi connectivity index (χ4v) is 11.1. The molecule has 5 aromatic rings. The summed E-state index contributed by atoms with van der Waals surface area (Å²) >= 11 is 0. The second kappa shape index (κ2) is 21.9. The summed E-state index contributed by atoms with van der Waals surface area (Å²) in [5.41, 5.74) is 2.41. The Morgan fingerprint density at radius 2 is 1.44 bits per heavy atom. The Kier molecular flexibility index (Phi) is 15.1. The zero-order valence-electron chi connectivity index (χ0n) is 39.8. The number of benzene rings is 5. The molecule has 362 valence electrons. The number of hydrogen-bond acceptors (Lipinski definition) is 11. The van der Waals surface area contributed by atoms with Gasteiger partial charge in [-0.05, 0) is 78.0 Å². The Bertz CT molecular complexity index is 2700. The topological polar surface area (TPSA) is 138 Å². The quantitative estimate of drug-likeness (QED) is 0.0704. The summed E-state index contributed by atoms with van der Waals surface area (Å²) in [6.07, 6.45) is 2.59. The van der Waals surface area contributed by atoms with Crippen molar-refractivity contribution in [1.29, 1.82) is 0 Å². The largest absolute Gasteiger partial charge is 0.491 e. The number of morpholine rings is 1. The molecule has 9 rings (SSSR count). The van der Waals surface area contributed by atoms with Crippen LogP contribution < -0.4 is 9.64 Å². The van der Waals surface area contributed by atoms with E-state index in [1.165, 1.54) is 7.11 Å². The van der Waals surface area contributed by atoms with Crippen LogP contribution in [0, 0.1) is 17.8 Å². The zero-order valence-corrected chi connectivity index (χ0v) is 39.8. The lowest BCUT2D eigenvalue weighted by molar-refractivity contribution is -0.179. The predicted molar refractivity (Wildman–Crippen MR) is 263 cm³/mol. The number of cyclic esters (lactones) is 1. The van der Waals surface area contributed by atoms with E-state index < -0.39 is 53.5 Å². The van der Waals surface area contributed by atoms with E-state index in [0.717, 1.165) is 53.7 Å². The van der Waals surface area contributed by atoms with Gasteiger partial charge in [-0.25, -0.2) is 9.69 Å². The van der Waals surface area contributed by atoms with E-state index in [1.54, 1.807) is 30.3 Å². The molecule has 4 aliphatic heterocycles. The molecule has 0 unspecified atom stereocenters. The van der Waals surface area contributed by atoms with Gasteiger partial charge in [0.15, 0.2) is 0 Å². The van der Waals surface area contributed by atoms with Crippen molar-refractivity contribution < 1.29 is 43.2 Å². The number of esters is 1. The van der Waals surface area contributed by atoms with Crippen LogP contribution in [0.25, 0.3) is 0 Å². The highest BCUT2D eigenvalue weighted by molar-refractivity contribution is 6.23. The number of fused-ring (bicyclic) bond motifs is 3. The number of anilines is 1. The van der Waals surface area contributed by atoms with Crippen molar-refractivity contribution >= 4 is 29.6 Å². The molecule has 3 amide bonds. The van der Waals surface area contributed by atoms with Crippen molar-refractivity contribution in [2.75, 3.05) is 65.1 Å². The Hall–Kier alpha value is -6.82. The van der Waals surface area contributed by atoms with Crippen LogP contribution in [0.1, 0.15) is 83.7 Å². The van der Waals surface area contributed by atoms with E-state index in [2.05, 4.69) is 28.9 Å². The number of carbonyl (C=O) groups excluding carboxylic acids is 4. The number of rotatable bonds is 13. The minimum atomic E-state index is -1.96. The SMILES string of the molecule is COCCOC(=O)N1C(=O)[C@@]2(c3cc(C#CCN(C)Cc4ccccc4)ccc31)[C@H](c1cccc(OCCO)c1)N1[C@H](c3ccccc3)[C@H](c3ccccc3)OC(=O)[C@H]1[C@@H]2C(=O)N1CCCCCCC1. The van der Waals surface area contributed by atoms with Gasteiger partial charge in [-0.1, -0.05) is 134 Å². The highest BCUT2D eigenvalue weighted by atomic mass is 16.6. The van der Waals surface area contributed by atoms with Crippen LogP contribution in [0.2, 0.25) is 0 Å². The minimum absolute atomic E-state index is 0.00213. The number of carbonyl (C=O) groups is 4. The molecule has 5 aromatic carbocycles. The number of likely N-dealkylation sites (tertiary alicyclic amines) is 1. The molecule has 0 radical (unpaired) electrons. The van der Waals surface area contributed by atoms with Crippen molar-refractivity contribution in [2.24, 2.45) is 5.92 Å². The zero-order chi connectivity index (χ0) is 48.6. The first-order valence-electron chi connectivity index (χ1n) is 24.3. The molecule has 4 aliphatic rings. The van der Waals surface area contributed by atoms with Crippen molar-refractivity contribution in [2.45, 2.75) is 68.3 Å². The van der Waals surface area contributed by atoms with E-state index >= 15 is 14.4 Å². The monoisotopic (exact) mass is 944 g/mol. The molecule has 70 heavy (non-hydrogen) atoms. The first-order chi connectivity index (χ1) is 34.3. The molecule has 13 heteroatoms. The summed E-state index contributed by atoms with van der Waals surface area (Å²) in [7, 11) is 3.49. The van der Waals surface area contributed by atoms with Gasteiger partial charge in [0.25, 0.3) is 0 Å². The lowest BCUT2D eigenvalue weighted by atomic mass is 9.64. The molecule has 1 N–H and O–H groups in total. The third kappa shape index (κ3) is 9.44. The number of ether oxygens (including phenoxy) is 4. The third-order valence-electron chi connectivity index (χ3n) is 14.0. The Morgan fingerprint density at radius 3 is 2.14 bits per heavy atom. The number of hydrogen-bond donors (Lipinski definition) is 1. The third-order valence-corrected chi connectivity index (χ3v) is 14.0. The van der Waals surface area contributed by atoms with Crippen molar-refractivity contribution in [3.05, 3.63) is 167 Å². The first kappa shape index (κ1) is 48.2. The number of amides is 3. The van der Waals surface area contributed by atoms with E-state index in [1.807, 2.05) is 108 Å². The van der Waals surface area contributed by atoms with Gasteiger partial charge < -0.3 is 29.0 Å². The average molecular weight is 945 g/mol. The van der Waals surface area contributed by atoms with Gasteiger partial charge in [0.1, 0.15) is 36.5 Å². The lowest BCUT2D eigenvalue weighted by Crippen LogP contribution is -2.56. The molecule has 4 heterocycles. The molecule has 0 bridgehead atoms. The van der Waals surface area contributed by atoms with E-state index in [9.17, 15) is 9.90 Å². The Morgan fingerprint density at radius 1 is 0.771 bits per heavy atom. The molecule has 6 atom stereocenters. The van der Waals surface area contributed by atoms with Crippen LogP contribution in [0.3, 0.4) is 0 Å². The second-order valence-corrected chi connectivity index (χ2v) is 18.4. The molecular formula is C57H60N4O9. The number of aliphatic hydroxyl groups excluding tert-OH is 1. The fourth-order valence-electron chi connectivity index (χ4n) is 11.1. The first-order valence-corrected chi connectivity index (χ1v) is 24.3. The highest BCUT2D eigenvalue weighted by Gasteiger charge is 2.76. The van der Waals surface area contributed by atoms with Crippen molar-refractivity contribution in [3.8, 4) is 17.6 Å². The van der Waals surface area contributed by atoms with Crippen molar-refractivity contribution in [3.63, 3.8) is 0 Å². The van der Waals surface area contributed by atoms with Gasteiger partial charge in [-0.3, -0.25) is 24.2 Å². The summed E-state index contributed by atoms with van der Waals surface area (Å²) in [6.45, 7) is 1.68. The maximum absolute atomic E-state index is 16.6. The summed E-state index contributed by atoms with van der Waals surface area (Å²) in [5.74, 6) is 3.93. The van der Waals surface area contributed by atoms with Crippen LogP contribution in [0.5, 0.6) is 5.75 Å². The molecule has 13 nitrogen and oxygen atoms in total. The van der Waals surface area contributed by atoms with Gasteiger partial charge in [0, 0.05) is 32.3 Å².